The van der Waals surface area contributed by atoms with E-state index >= 15 is 0 Å². The maximum absolute atomic E-state index is 12.0. The minimum Gasteiger partial charge on any atom is -0.481 e. The van der Waals surface area contributed by atoms with Crippen molar-refractivity contribution in [2.75, 3.05) is 31.8 Å². The molecule has 1 amide bonds. The standard InChI is InChI=1S/C11H19NO6S/c1-3-12(10(13)4-5-19(2,16)17)9-7-18-6-8(9)11(14)15/h8-9H,3-7H2,1-2H3,(H,14,15). The van der Waals surface area contributed by atoms with Crippen LogP contribution in [0.5, 0.6) is 0 Å². The topological polar surface area (TPSA) is 101 Å². The Kier molecular flexibility index (Phi) is 5.30. The molecule has 0 bridgehead atoms. The molecule has 1 rings (SSSR count). The number of nitrogens with zero attached hydrogens (tertiary/aromatic N) is 1. The Hall–Kier alpha value is -1.15. The molecule has 2 atom stereocenters. The van der Waals surface area contributed by atoms with Gasteiger partial charge in [-0.3, -0.25) is 9.59 Å². The van der Waals surface area contributed by atoms with Gasteiger partial charge in [-0.1, -0.05) is 0 Å². The lowest BCUT2D eigenvalue weighted by molar-refractivity contribution is -0.144. The molecule has 1 aliphatic heterocycles. The summed E-state index contributed by atoms with van der Waals surface area (Å²) in [6.45, 7) is 2.32. The van der Waals surface area contributed by atoms with Crippen molar-refractivity contribution in [1.29, 1.82) is 0 Å². The Morgan fingerprint density at radius 2 is 2.00 bits per heavy atom. The van der Waals surface area contributed by atoms with E-state index in [1.165, 1.54) is 4.90 Å². The first-order valence-corrected chi connectivity index (χ1v) is 8.10. The maximum Gasteiger partial charge on any atom is 0.311 e. The molecule has 0 aromatic carbocycles. The predicted octanol–water partition coefficient (Wildman–Crippen LogP) is -0.631. The molecule has 19 heavy (non-hydrogen) atoms. The SMILES string of the molecule is CCN(C(=O)CCS(C)(=O)=O)C1COCC1C(=O)O. The molecule has 8 heteroatoms. The number of aliphatic carboxylic acids is 1. The highest BCUT2D eigenvalue weighted by atomic mass is 32.2. The van der Waals surface area contributed by atoms with Crippen LogP contribution >= 0.6 is 0 Å². The zero-order chi connectivity index (χ0) is 14.6. The lowest BCUT2D eigenvalue weighted by Crippen LogP contribution is -2.46. The molecule has 1 fully saturated rings. The fourth-order valence-electron chi connectivity index (χ4n) is 2.10. The van der Waals surface area contributed by atoms with Crippen LogP contribution in [0.3, 0.4) is 0 Å². The highest BCUT2D eigenvalue weighted by Crippen LogP contribution is 2.20. The minimum absolute atomic E-state index is 0.0792. The van der Waals surface area contributed by atoms with Gasteiger partial charge in [0, 0.05) is 19.2 Å². The van der Waals surface area contributed by atoms with E-state index in [-0.39, 0.29) is 31.3 Å². The normalized spacial score (nSPS) is 23.3. The van der Waals surface area contributed by atoms with E-state index in [2.05, 4.69) is 0 Å². The number of rotatable bonds is 6. The summed E-state index contributed by atoms with van der Waals surface area (Å²) in [5, 5.41) is 9.06. The lowest BCUT2D eigenvalue weighted by atomic mass is 10.0. The van der Waals surface area contributed by atoms with E-state index in [1.54, 1.807) is 6.92 Å². The molecule has 7 nitrogen and oxygen atoms in total. The molecule has 0 radical (unpaired) electrons. The van der Waals surface area contributed by atoms with Crippen LogP contribution in [0.15, 0.2) is 0 Å². The van der Waals surface area contributed by atoms with E-state index in [0.29, 0.717) is 6.54 Å². The smallest absolute Gasteiger partial charge is 0.311 e. The van der Waals surface area contributed by atoms with Gasteiger partial charge in [-0.2, -0.15) is 0 Å². The fraction of sp³-hybridized carbons (Fsp3) is 0.818. The zero-order valence-corrected chi connectivity index (χ0v) is 11.9. The third-order valence-corrected chi connectivity index (χ3v) is 4.06. The van der Waals surface area contributed by atoms with Crippen molar-refractivity contribution in [2.45, 2.75) is 19.4 Å². The highest BCUT2D eigenvalue weighted by Gasteiger charge is 2.39. The van der Waals surface area contributed by atoms with Crippen LogP contribution in [0, 0.1) is 5.92 Å². The number of likely N-dealkylation sites (N-methyl/N-ethyl adjacent to an activating group) is 1. The first-order chi connectivity index (χ1) is 8.76. The summed E-state index contributed by atoms with van der Waals surface area (Å²) in [5.41, 5.74) is 0. The molecule has 1 aliphatic rings. The highest BCUT2D eigenvalue weighted by molar-refractivity contribution is 7.90. The van der Waals surface area contributed by atoms with Crippen LogP contribution in [0.2, 0.25) is 0 Å². The van der Waals surface area contributed by atoms with Gasteiger partial charge in [-0.05, 0) is 6.92 Å². The molecule has 2 unspecified atom stereocenters. The van der Waals surface area contributed by atoms with E-state index < -0.39 is 27.8 Å². The van der Waals surface area contributed by atoms with Gasteiger partial charge in [0.15, 0.2) is 0 Å². The van der Waals surface area contributed by atoms with Crippen LogP contribution in [0.4, 0.5) is 0 Å². The van der Waals surface area contributed by atoms with E-state index in [1.807, 2.05) is 0 Å². The first-order valence-electron chi connectivity index (χ1n) is 6.04. The van der Waals surface area contributed by atoms with Crippen molar-refractivity contribution in [3.63, 3.8) is 0 Å². The Labute approximate surface area is 112 Å². The molecule has 0 spiro atoms. The lowest BCUT2D eigenvalue weighted by Gasteiger charge is -2.29. The van der Waals surface area contributed by atoms with Crippen molar-refractivity contribution in [2.24, 2.45) is 5.92 Å². The Morgan fingerprint density at radius 3 is 2.47 bits per heavy atom. The van der Waals surface area contributed by atoms with Gasteiger partial charge in [0.25, 0.3) is 0 Å². The molecule has 0 saturated carbocycles. The Morgan fingerprint density at radius 1 is 1.37 bits per heavy atom. The number of ether oxygens (including phenoxy) is 1. The quantitative estimate of drug-likeness (QED) is 0.699. The second kappa shape index (κ2) is 6.33. The van der Waals surface area contributed by atoms with Crippen LogP contribution in [0.25, 0.3) is 0 Å². The number of carboxylic acids is 1. The Balaban J connectivity index is 2.71. The molecular formula is C11H19NO6S. The number of carboxylic acid groups (broad SMARTS) is 1. The minimum atomic E-state index is -3.21. The van der Waals surface area contributed by atoms with E-state index in [4.69, 9.17) is 9.84 Å². The van der Waals surface area contributed by atoms with E-state index in [9.17, 15) is 18.0 Å². The summed E-state index contributed by atoms with van der Waals surface area (Å²) >= 11 is 0. The van der Waals surface area contributed by atoms with Crippen molar-refractivity contribution in [3.05, 3.63) is 0 Å². The van der Waals surface area contributed by atoms with Crippen LogP contribution < -0.4 is 0 Å². The van der Waals surface area contributed by atoms with Crippen LogP contribution in [-0.4, -0.2) is 68.1 Å². The summed E-state index contributed by atoms with van der Waals surface area (Å²) in [6, 6.07) is -0.519. The van der Waals surface area contributed by atoms with Crippen molar-refractivity contribution in [1.82, 2.24) is 4.90 Å². The van der Waals surface area contributed by atoms with Gasteiger partial charge in [0.05, 0.1) is 25.0 Å². The average molecular weight is 293 g/mol. The van der Waals surface area contributed by atoms with E-state index in [0.717, 1.165) is 6.26 Å². The molecule has 1 heterocycles. The zero-order valence-electron chi connectivity index (χ0n) is 11.0. The van der Waals surface area contributed by atoms with Gasteiger partial charge in [-0.25, -0.2) is 8.42 Å². The first kappa shape index (κ1) is 15.9. The molecule has 0 aliphatic carbocycles. The average Bonchev–Trinajstić information content (AvgIpc) is 2.75. The Bertz CT molecular complexity index is 446. The van der Waals surface area contributed by atoms with Crippen molar-refractivity contribution < 1.29 is 27.9 Å². The van der Waals surface area contributed by atoms with Gasteiger partial charge in [0.1, 0.15) is 15.8 Å². The molecule has 1 N–H and O–H groups in total. The summed E-state index contributed by atoms with van der Waals surface area (Å²) in [7, 11) is -3.21. The summed E-state index contributed by atoms with van der Waals surface area (Å²) in [5.74, 6) is -2.33. The van der Waals surface area contributed by atoms with Crippen molar-refractivity contribution >= 4 is 21.7 Å². The van der Waals surface area contributed by atoms with Gasteiger partial charge < -0.3 is 14.7 Å². The van der Waals surface area contributed by atoms with Crippen LogP contribution in [-0.2, 0) is 24.2 Å². The number of carbonyl (C=O) groups is 2. The van der Waals surface area contributed by atoms with Gasteiger partial charge in [0.2, 0.25) is 5.91 Å². The summed E-state index contributed by atoms with van der Waals surface area (Å²) in [6.07, 6.45) is 0.935. The number of hydrogen-bond donors (Lipinski definition) is 1. The molecule has 110 valence electrons. The number of amides is 1. The number of carbonyl (C=O) groups excluding carboxylic acids is 1. The van der Waals surface area contributed by atoms with Crippen molar-refractivity contribution in [3.8, 4) is 0 Å². The molecular weight excluding hydrogens is 274 g/mol. The second-order valence-corrected chi connectivity index (χ2v) is 6.87. The van der Waals surface area contributed by atoms with Gasteiger partial charge >= 0.3 is 5.97 Å². The largest absolute Gasteiger partial charge is 0.481 e. The molecule has 0 aromatic rings. The van der Waals surface area contributed by atoms with Gasteiger partial charge in [-0.15, -0.1) is 0 Å². The number of hydrogen-bond acceptors (Lipinski definition) is 5. The molecule has 0 aromatic heterocycles. The number of sulfone groups is 1. The molecule has 1 saturated heterocycles. The maximum atomic E-state index is 12.0. The second-order valence-electron chi connectivity index (χ2n) is 4.61. The van der Waals surface area contributed by atoms with Crippen LogP contribution in [0.1, 0.15) is 13.3 Å². The monoisotopic (exact) mass is 293 g/mol. The third-order valence-electron chi connectivity index (χ3n) is 3.12. The third kappa shape index (κ3) is 4.46. The predicted molar refractivity (Wildman–Crippen MR) is 67.4 cm³/mol. The fourth-order valence-corrected chi connectivity index (χ4v) is 2.64. The summed E-state index contributed by atoms with van der Waals surface area (Å²) in [4.78, 5) is 24.4. The summed E-state index contributed by atoms with van der Waals surface area (Å²) < 4.78 is 27.2.